The van der Waals surface area contributed by atoms with Gasteiger partial charge in [0, 0.05) is 5.75 Å². The smallest absolute Gasteiger partial charge is 0.161 e. The van der Waals surface area contributed by atoms with E-state index in [1.165, 1.54) is 25.7 Å². The highest BCUT2D eigenvalue weighted by Crippen LogP contribution is 2.32. The fourth-order valence-corrected chi connectivity index (χ4v) is 3.45. The number of hydrogen-bond donors (Lipinski definition) is 0. The molecular weight excluding hydrogens is 240 g/mol. The van der Waals surface area contributed by atoms with Crippen LogP contribution in [0.25, 0.3) is 0 Å². The van der Waals surface area contributed by atoms with Gasteiger partial charge in [-0.3, -0.25) is 0 Å². The maximum absolute atomic E-state index is 6.09. The SMILES string of the molecule is Cc1nc(Cl)c(SCC2CCCC2)nc1C. The second-order valence-corrected chi connectivity index (χ2v) is 5.82. The predicted molar refractivity (Wildman–Crippen MR) is 69.2 cm³/mol. The van der Waals surface area contributed by atoms with Crippen LogP contribution in [0.15, 0.2) is 5.03 Å². The summed E-state index contributed by atoms with van der Waals surface area (Å²) in [6.45, 7) is 3.93. The van der Waals surface area contributed by atoms with E-state index in [4.69, 9.17) is 11.6 Å². The van der Waals surface area contributed by atoms with Crippen LogP contribution in [-0.4, -0.2) is 15.7 Å². The van der Waals surface area contributed by atoms with Crippen LogP contribution in [-0.2, 0) is 0 Å². The highest BCUT2D eigenvalue weighted by Gasteiger charge is 2.16. The fourth-order valence-electron chi connectivity index (χ4n) is 2.02. The van der Waals surface area contributed by atoms with Crippen molar-refractivity contribution in [3.63, 3.8) is 0 Å². The first kappa shape index (κ1) is 12.2. The van der Waals surface area contributed by atoms with Gasteiger partial charge >= 0.3 is 0 Å². The van der Waals surface area contributed by atoms with Crippen molar-refractivity contribution in [3.05, 3.63) is 16.5 Å². The number of thioether (sulfide) groups is 1. The molecule has 1 saturated carbocycles. The molecule has 0 aliphatic heterocycles. The summed E-state index contributed by atoms with van der Waals surface area (Å²) in [5.41, 5.74) is 1.91. The van der Waals surface area contributed by atoms with Crippen LogP contribution in [0.3, 0.4) is 0 Å². The first-order valence-corrected chi connectivity index (χ1v) is 7.16. The summed E-state index contributed by atoms with van der Waals surface area (Å²) < 4.78 is 0. The van der Waals surface area contributed by atoms with Gasteiger partial charge in [0.2, 0.25) is 0 Å². The lowest BCUT2D eigenvalue weighted by atomic mass is 10.1. The Kier molecular flexibility index (Phi) is 4.09. The molecule has 16 heavy (non-hydrogen) atoms. The molecule has 0 aromatic carbocycles. The monoisotopic (exact) mass is 256 g/mol. The second-order valence-electron chi connectivity index (χ2n) is 4.45. The van der Waals surface area contributed by atoms with Crippen LogP contribution in [0.1, 0.15) is 37.1 Å². The van der Waals surface area contributed by atoms with Crippen molar-refractivity contribution in [2.24, 2.45) is 5.92 Å². The van der Waals surface area contributed by atoms with Crippen molar-refractivity contribution in [1.82, 2.24) is 9.97 Å². The summed E-state index contributed by atoms with van der Waals surface area (Å²) in [5.74, 6) is 1.99. The summed E-state index contributed by atoms with van der Waals surface area (Å²) in [6, 6.07) is 0. The largest absolute Gasteiger partial charge is 0.242 e. The van der Waals surface area contributed by atoms with Gasteiger partial charge in [0.25, 0.3) is 0 Å². The molecule has 0 radical (unpaired) electrons. The molecule has 1 fully saturated rings. The van der Waals surface area contributed by atoms with E-state index in [2.05, 4.69) is 9.97 Å². The minimum absolute atomic E-state index is 0.561. The van der Waals surface area contributed by atoms with E-state index in [9.17, 15) is 0 Å². The average Bonchev–Trinajstić information content (AvgIpc) is 2.74. The lowest BCUT2D eigenvalue weighted by Gasteiger charge is -2.09. The number of nitrogens with zero attached hydrogens (tertiary/aromatic N) is 2. The van der Waals surface area contributed by atoms with Gasteiger partial charge in [-0.25, -0.2) is 9.97 Å². The van der Waals surface area contributed by atoms with Gasteiger partial charge in [0.05, 0.1) is 11.4 Å². The predicted octanol–water partition coefficient (Wildman–Crippen LogP) is 4.03. The van der Waals surface area contributed by atoms with E-state index in [1.807, 2.05) is 13.8 Å². The summed E-state index contributed by atoms with van der Waals surface area (Å²) in [5, 5.41) is 1.46. The molecule has 0 spiro atoms. The fraction of sp³-hybridized carbons (Fsp3) is 0.667. The summed E-state index contributed by atoms with van der Waals surface area (Å²) in [7, 11) is 0. The molecule has 0 atom stereocenters. The highest BCUT2D eigenvalue weighted by atomic mass is 35.5. The van der Waals surface area contributed by atoms with E-state index in [-0.39, 0.29) is 0 Å². The first-order chi connectivity index (χ1) is 7.66. The number of rotatable bonds is 3. The molecule has 0 amide bonds. The van der Waals surface area contributed by atoms with Gasteiger partial charge in [0.1, 0.15) is 5.03 Å². The van der Waals surface area contributed by atoms with E-state index >= 15 is 0 Å². The molecule has 2 rings (SSSR count). The number of aryl methyl sites for hydroxylation is 2. The molecule has 1 aromatic heterocycles. The van der Waals surface area contributed by atoms with Crippen molar-refractivity contribution in [1.29, 1.82) is 0 Å². The normalized spacial score (nSPS) is 16.9. The Balaban J connectivity index is 2.00. The zero-order chi connectivity index (χ0) is 11.5. The maximum atomic E-state index is 6.09. The van der Waals surface area contributed by atoms with Crippen LogP contribution in [0, 0.1) is 19.8 Å². The van der Waals surface area contributed by atoms with Gasteiger partial charge in [-0.15, -0.1) is 11.8 Å². The summed E-state index contributed by atoms with van der Waals surface area (Å²) in [4.78, 5) is 8.80. The van der Waals surface area contributed by atoms with Crippen molar-refractivity contribution >= 4 is 23.4 Å². The summed E-state index contributed by atoms with van der Waals surface area (Å²) in [6.07, 6.45) is 5.50. The van der Waals surface area contributed by atoms with Crippen LogP contribution >= 0.6 is 23.4 Å². The highest BCUT2D eigenvalue weighted by molar-refractivity contribution is 7.99. The number of hydrogen-bond acceptors (Lipinski definition) is 3. The number of aromatic nitrogens is 2. The minimum Gasteiger partial charge on any atom is -0.242 e. The molecule has 1 heterocycles. The first-order valence-electron chi connectivity index (χ1n) is 5.80. The van der Waals surface area contributed by atoms with E-state index in [1.54, 1.807) is 11.8 Å². The second kappa shape index (κ2) is 5.37. The third kappa shape index (κ3) is 2.89. The molecule has 1 aliphatic rings. The van der Waals surface area contributed by atoms with Gasteiger partial charge < -0.3 is 0 Å². The molecule has 2 nitrogen and oxygen atoms in total. The standard InChI is InChI=1S/C12H17ClN2S/c1-8-9(2)15-12(11(13)14-8)16-7-10-5-3-4-6-10/h10H,3-7H2,1-2H3. The number of halogens is 1. The lowest BCUT2D eigenvalue weighted by molar-refractivity contribution is 0.622. The van der Waals surface area contributed by atoms with E-state index < -0.39 is 0 Å². The summed E-state index contributed by atoms with van der Waals surface area (Å²) >= 11 is 7.85. The molecule has 1 aromatic rings. The molecule has 1 aliphatic carbocycles. The van der Waals surface area contributed by atoms with Crippen LogP contribution in [0.4, 0.5) is 0 Å². The Labute approximate surface area is 106 Å². The zero-order valence-electron chi connectivity index (χ0n) is 9.79. The van der Waals surface area contributed by atoms with E-state index in [0.717, 1.165) is 28.1 Å². The van der Waals surface area contributed by atoms with Crippen molar-refractivity contribution < 1.29 is 0 Å². The van der Waals surface area contributed by atoms with Gasteiger partial charge in [-0.2, -0.15) is 0 Å². The Hall–Kier alpha value is -0.280. The van der Waals surface area contributed by atoms with Crippen molar-refractivity contribution in [2.75, 3.05) is 5.75 Å². The minimum atomic E-state index is 0.561. The Morgan fingerprint density at radius 3 is 2.50 bits per heavy atom. The third-order valence-corrected chi connectivity index (χ3v) is 4.74. The third-order valence-electron chi connectivity index (χ3n) is 3.17. The quantitative estimate of drug-likeness (QED) is 0.764. The molecule has 0 bridgehead atoms. The van der Waals surface area contributed by atoms with Crippen LogP contribution in [0.2, 0.25) is 5.15 Å². The van der Waals surface area contributed by atoms with Gasteiger partial charge in [-0.1, -0.05) is 24.4 Å². The Morgan fingerprint density at radius 2 is 1.81 bits per heavy atom. The molecule has 4 heteroatoms. The lowest BCUT2D eigenvalue weighted by Crippen LogP contribution is -2.00. The Bertz CT molecular complexity index is 376. The molecule has 88 valence electrons. The average molecular weight is 257 g/mol. The topological polar surface area (TPSA) is 25.8 Å². The van der Waals surface area contributed by atoms with Crippen LogP contribution < -0.4 is 0 Å². The molecular formula is C12H17ClN2S. The Morgan fingerprint density at radius 1 is 1.19 bits per heavy atom. The molecule has 0 N–H and O–H groups in total. The maximum Gasteiger partial charge on any atom is 0.161 e. The molecule has 0 saturated heterocycles. The van der Waals surface area contributed by atoms with Crippen molar-refractivity contribution in [2.45, 2.75) is 44.6 Å². The van der Waals surface area contributed by atoms with Crippen LogP contribution in [0.5, 0.6) is 0 Å². The van der Waals surface area contributed by atoms with E-state index in [0.29, 0.717) is 5.15 Å². The van der Waals surface area contributed by atoms with Gasteiger partial charge in [0.15, 0.2) is 5.15 Å². The molecule has 0 unspecified atom stereocenters. The van der Waals surface area contributed by atoms with Crippen molar-refractivity contribution in [3.8, 4) is 0 Å². The van der Waals surface area contributed by atoms with Gasteiger partial charge in [-0.05, 0) is 32.6 Å². The zero-order valence-corrected chi connectivity index (χ0v) is 11.4.